The third-order valence-electron chi connectivity index (χ3n) is 4.86. The van der Waals surface area contributed by atoms with Crippen molar-refractivity contribution in [2.24, 2.45) is 5.92 Å². The van der Waals surface area contributed by atoms with Crippen molar-refractivity contribution in [3.8, 4) is 0 Å². The summed E-state index contributed by atoms with van der Waals surface area (Å²) in [6.45, 7) is 1.83. The Morgan fingerprint density at radius 1 is 1.24 bits per heavy atom. The van der Waals surface area contributed by atoms with Crippen molar-refractivity contribution in [3.63, 3.8) is 0 Å². The van der Waals surface area contributed by atoms with Crippen molar-refractivity contribution >= 4 is 5.97 Å². The summed E-state index contributed by atoms with van der Waals surface area (Å²) in [5.41, 5.74) is 0.888. The van der Waals surface area contributed by atoms with Crippen molar-refractivity contribution in [2.75, 3.05) is 6.54 Å². The van der Waals surface area contributed by atoms with Gasteiger partial charge in [0.1, 0.15) is 6.54 Å². The van der Waals surface area contributed by atoms with E-state index in [1.54, 1.807) is 6.20 Å². The molecule has 3 rings (SSSR count). The van der Waals surface area contributed by atoms with Crippen LogP contribution in [0.2, 0.25) is 0 Å². The number of carbonyl (C=O) groups is 1. The molecule has 2 heterocycles. The Balaban J connectivity index is 1.60. The molecule has 1 aliphatic heterocycles. The maximum absolute atomic E-state index is 10.7. The minimum Gasteiger partial charge on any atom is -0.480 e. The van der Waals surface area contributed by atoms with Gasteiger partial charge in [-0.3, -0.25) is 9.69 Å². The summed E-state index contributed by atoms with van der Waals surface area (Å²) < 4.78 is 1.41. The van der Waals surface area contributed by atoms with Crippen LogP contribution in [-0.2, 0) is 17.9 Å². The Bertz CT molecular complexity index is 482. The minimum absolute atomic E-state index is 0.112. The minimum atomic E-state index is -0.882. The van der Waals surface area contributed by atoms with Crippen LogP contribution in [0.4, 0.5) is 0 Å². The molecule has 0 spiro atoms. The summed E-state index contributed by atoms with van der Waals surface area (Å²) in [6.07, 6.45) is 11.2. The highest BCUT2D eigenvalue weighted by atomic mass is 16.4. The van der Waals surface area contributed by atoms with Crippen molar-refractivity contribution in [3.05, 3.63) is 11.9 Å². The number of carboxylic acid groups (broad SMARTS) is 1. The maximum Gasteiger partial charge on any atom is 0.325 e. The van der Waals surface area contributed by atoms with Crippen LogP contribution in [0.25, 0.3) is 0 Å². The summed E-state index contributed by atoms with van der Waals surface area (Å²) in [5, 5.41) is 16.8. The molecule has 2 fully saturated rings. The average Bonchev–Trinajstić information content (AvgIpc) is 3.09. The quantitative estimate of drug-likeness (QED) is 0.897. The third kappa shape index (κ3) is 3.61. The van der Waals surface area contributed by atoms with Gasteiger partial charge in [-0.2, -0.15) is 0 Å². The highest BCUT2D eigenvalue weighted by Crippen LogP contribution is 2.34. The van der Waals surface area contributed by atoms with Crippen molar-refractivity contribution < 1.29 is 9.90 Å². The molecule has 21 heavy (non-hydrogen) atoms. The molecule has 0 aromatic carbocycles. The van der Waals surface area contributed by atoms with Gasteiger partial charge in [-0.1, -0.05) is 24.5 Å². The Hall–Kier alpha value is -1.43. The first-order valence-electron chi connectivity index (χ1n) is 8.07. The molecular weight excluding hydrogens is 268 g/mol. The fourth-order valence-electron chi connectivity index (χ4n) is 3.94. The molecular formula is C15H24N4O2. The van der Waals surface area contributed by atoms with Gasteiger partial charge in [-0.15, -0.1) is 5.10 Å². The van der Waals surface area contributed by atoms with Gasteiger partial charge >= 0.3 is 5.97 Å². The molecule has 1 aromatic rings. The van der Waals surface area contributed by atoms with Crippen LogP contribution in [-0.4, -0.2) is 43.6 Å². The molecule has 2 aliphatic rings. The maximum atomic E-state index is 10.7. The lowest BCUT2D eigenvalue weighted by molar-refractivity contribution is -0.137. The van der Waals surface area contributed by atoms with Gasteiger partial charge in [0, 0.05) is 12.6 Å². The zero-order valence-electron chi connectivity index (χ0n) is 12.4. The number of rotatable bonds is 5. The third-order valence-corrected chi connectivity index (χ3v) is 4.86. The highest BCUT2D eigenvalue weighted by molar-refractivity contribution is 5.66. The molecule has 1 saturated carbocycles. The summed E-state index contributed by atoms with van der Waals surface area (Å²) in [6, 6.07) is 0.690. The van der Waals surface area contributed by atoms with Gasteiger partial charge in [0.15, 0.2) is 0 Å². The van der Waals surface area contributed by atoms with Crippen LogP contribution >= 0.6 is 0 Å². The zero-order valence-corrected chi connectivity index (χ0v) is 12.4. The lowest BCUT2D eigenvalue weighted by atomic mass is 9.83. The lowest BCUT2D eigenvalue weighted by Crippen LogP contribution is -2.36. The molecule has 1 saturated heterocycles. The predicted molar refractivity (Wildman–Crippen MR) is 77.7 cm³/mol. The van der Waals surface area contributed by atoms with Gasteiger partial charge in [-0.05, 0) is 38.1 Å². The highest BCUT2D eigenvalue weighted by Gasteiger charge is 2.32. The largest absolute Gasteiger partial charge is 0.480 e. The monoisotopic (exact) mass is 292 g/mol. The van der Waals surface area contributed by atoms with Crippen LogP contribution in [0.3, 0.4) is 0 Å². The smallest absolute Gasteiger partial charge is 0.325 e. The second-order valence-electron chi connectivity index (χ2n) is 6.38. The normalized spacial score (nSPS) is 24.5. The zero-order chi connectivity index (χ0) is 14.7. The molecule has 0 bridgehead atoms. The Morgan fingerprint density at radius 3 is 2.81 bits per heavy atom. The molecule has 6 heteroatoms. The number of hydrogen-bond donors (Lipinski definition) is 1. The van der Waals surface area contributed by atoms with Gasteiger partial charge in [0.2, 0.25) is 0 Å². The van der Waals surface area contributed by atoms with Gasteiger partial charge in [0.25, 0.3) is 0 Å². The number of likely N-dealkylation sites (tertiary alicyclic amines) is 1. The molecule has 0 radical (unpaired) electrons. The van der Waals surface area contributed by atoms with E-state index in [9.17, 15) is 4.79 Å². The first kappa shape index (κ1) is 14.5. The SMILES string of the molecule is O=C(O)Cn1cc(CN2CCCC2C2CCCCC2)nn1. The number of hydrogen-bond acceptors (Lipinski definition) is 4. The number of nitrogens with zero attached hydrogens (tertiary/aromatic N) is 4. The predicted octanol–water partition coefficient (Wildman–Crippen LogP) is 1.91. The van der Waals surface area contributed by atoms with E-state index in [-0.39, 0.29) is 6.54 Å². The molecule has 1 aromatic heterocycles. The van der Waals surface area contributed by atoms with E-state index in [4.69, 9.17) is 5.11 Å². The van der Waals surface area contributed by atoms with E-state index >= 15 is 0 Å². The van der Waals surface area contributed by atoms with Crippen LogP contribution in [0.1, 0.15) is 50.6 Å². The standard InChI is InChI=1S/C15H24N4O2/c20-15(21)11-19-10-13(16-17-19)9-18-8-4-7-14(18)12-5-2-1-3-6-12/h10,12,14H,1-9,11H2,(H,20,21). The topological polar surface area (TPSA) is 71.2 Å². The summed E-state index contributed by atoms with van der Waals surface area (Å²) in [7, 11) is 0. The van der Waals surface area contributed by atoms with Gasteiger partial charge in [-0.25, -0.2) is 4.68 Å². The lowest BCUT2D eigenvalue weighted by Gasteiger charge is -2.33. The van der Waals surface area contributed by atoms with Gasteiger partial charge < -0.3 is 5.11 Å². The number of carboxylic acids is 1. The number of aromatic nitrogens is 3. The van der Waals surface area contributed by atoms with Crippen molar-refractivity contribution in [1.82, 2.24) is 19.9 Å². The van der Waals surface area contributed by atoms with Crippen LogP contribution in [0.15, 0.2) is 6.20 Å². The van der Waals surface area contributed by atoms with E-state index in [1.807, 2.05) is 0 Å². The van der Waals surface area contributed by atoms with E-state index in [0.29, 0.717) is 6.04 Å². The molecule has 1 aliphatic carbocycles. The second kappa shape index (κ2) is 6.56. The van der Waals surface area contributed by atoms with E-state index < -0.39 is 5.97 Å². The van der Waals surface area contributed by atoms with Crippen molar-refractivity contribution in [2.45, 2.75) is 64.1 Å². The van der Waals surface area contributed by atoms with Crippen molar-refractivity contribution in [1.29, 1.82) is 0 Å². The Labute approximate surface area is 125 Å². The summed E-state index contributed by atoms with van der Waals surface area (Å²) in [4.78, 5) is 13.2. The molecule has 116 valence electrons. The van der Waals surface area contributed by atoms with Crippen LogP contribution in [0, 0.1) is 5.92 Å². The molecule has 1 N–H and O–H groups in total. The van der Waals surface area contributed by atoms with E-state index in [0.717, 1.165) is 24.7 Å². The second-order valence-corrected chi connectivity index (χ2v) is 6.38. The Kier molecular flexibility index (Phi) is 4.53. The average molecular weight is 292 g/mol. The molecule has 1 unspecified atom stereocenters. The fourth-order valence-corrected chi connectivity index (χ4v) is 3.94. The van der Waals surface area contributed by atoms with Crippen LogP contribution < -0.4 is 0 Å². The molecule has 1 atom stereocenters. The number of aliphatic carboxylic acids is 1. The van der Waals surface area contributed by atoms with Gasteiger partial charge in [0.05, 0.1) is 11.9 Å². The van der Waals surface area contributed by atoms with Crippen LogP contribution in [0.5, 0.6) is 0 Å². The summed E-state index contributed by atoms with van der Waals surface area (Å²) in [5.74, 6) is -0.0389. The van der Waals surface area contributed by atoms with E-state index in [2.05, 4.69) is 15.2 Å². The first-order chi connectivity index (χ1) is 10.2. The first-order valence-corrected chi connectivity index (χ1v) is 8.07. The fraction of sp³-hybridized carbons (Fsp3) is 0.800. The molecule has 6 nitrogen and oxygen atoms in total. The molecule has 0 amide bonds. The van der Waals surface area contributed by atoms with E-state index in [1.165, 1.54) is 49.6 Å². The Morgan fingerprint density at radius 2 is 2.05 bits per heavy atom. The summed E-state index contributed by atoms with van der Waals surface area (Å²) >= 11 is 0.